The van der Waals surface area contributed by atoms with Gasteiger partial charge in [0.15, 0.2) is 4.96 Å². The Morgan fingerprint density at radius 2 is 2.19 bits per heavy atom. The first kappa shape index (κ1) is 17.5. The number of allylic oxidation sites excluding steroid dienone is 2. The highest BCUT2D eigenvalue weighted by Crippen LogP contribution is 2.46. The van der Waals surface area contributed by atoms with Gasteiger partial charge >= 0.3 is 0 Å². The first-order valence-corrected chi connectivity index (χ1v) is 9.62. The summed E-state index contributed by atoms with van der Waals surface area (Å²) >= 11 is 1.54. The minimum absolute atomic E-state index is 0.108. The molecule has 4 rings (SSSR count). The third-order valence-corrected chi connectivity index (χ3v) is 5.69. The largest absolute Gasteiger partial charge is 0.347 e. The zero-order valence-corrected chi connectivity index (χ0v) is 16.3. The highest BCUT2D eigenvalue weighted by molar-refractivity contribution is 7.15. The third kappa shape index (κ3) is 3.14. The molecule has 0 spiro atoms. The molecule has 0 atom stereocenters. The number of nitrogens with zero attached hydrogens (tertiary/aromatic N) is 4. The zero-order valence-electron chi connectivity index (χ0n) is 15.5. The summed E-state index contributed by atoms with van der Waals surface area (Å²) in [7, 11) is 2.05. The number of fused-ring (bicyclic) bond motifs is 2. The van der Waals surface area contributed by atoms with Crippen LogP contribution in [0.1, 0.15) is 25.1 Å². The van der Waals surface area contributed by atoms with Crippen molar-refractivity contribution in [2.45, 2.75) is 25.7 Å². The molecule has 1 N–H and O–H groups in total. The Hall–Kier alpha value is -2.93. The van der Waals surface area contributed by atoms with Crippen LogP contribution < -0.4 is 10.3 Å². The SMILES string of the molecule is CN1/C(=C\C=N/NC(=O)Cc2cn3ccsc3n2)C(C)(C)c2ccccc21. The number of rotatable bonds is 4. The van der Waals surface area contributed by atoms with Gasteiger partial charge in [-0.1, -0.05) is 32.0 Å². The Bertz CT molecular complexity index is 1030. The Labute approximate surface area is 161 Å². The topological polar surface area (TPSA) is 62.0 Å². The van der Waals surface area contributed by atoms with Crippen LogP contribution in [-0.2, 0) is 16.6 Å². The van der Waals surface area contributed by atoms with Gasteiger partial charge in [0.05, 0.1) is 12.1 Å². The molecule has 0 radical (unpaired) electrons. The van der Waals surface area contributed by atoms with Crippen LogP contribution in [0.4, 0.5) is 5.69 Å². The molecule has 1 aliphatic heterocycles. The second kappa shape index (κ2) is 6.66. The molecule has 0 unspecified atom stereocenters. The number of anilines is 1. The van der Waals surface area contributed by atoms with E-state index >= 15 is 0 Å². The van der Waals surface area contributed by atoms with Gasteiger partial charge in [0.25, 0.3) is 0 Å². The molecule has 0 saturated carbocycles. The summed E-state index contributed by atoms with van der Waals surface area (Å²) in [6, 6.07) is 8.38. The lowest BCUT2D eigenvalue weighted by molar-refractivity contribution is -0.120. The first-order valence-electron chi connectivity index (χ1n) is 8.74. The van der Waals surface area contributed by atoms with Gasteiger partial charge < -0.3 is 4.90 Å². The maximum Gasteiger partial charge on any atom is 0.246 e. The zero-order chi connectivity index (χ0) is 19.0. The fourth-order valence-electron chi connectivity index (χ4n) is 3.58. The molecule has 0 fully saturated rings. The number of thiazole rings is 1. The minimum atomic E-state index is -0.183. The van der Waals surface area contributed by atoms with E-state index in [9.17, 15) is 4.79 Å². The van der Waals surface area contributed by atoms with Crippen molar-refractivity contribution in [1.29, 1.82) is 0 Å². The normalized spacial score (nSPS) is 17.1. The Balaban J connectivity index is 1.41. The average molecular weight is 379 g/mol. The van der Waals surface area contributed by atoms with Crippen molar-refractivity contribution >= 4 is 34.1 Å². The number of aromatic nitrogens is 2. The smallest absolute Gasteiger partial charge is 0.246 e. The molecule has 27 heavy (non-hydrogen) atoms. The fraction of sp³-hybridized carbons (Fsp3) is 0.250. The number of likely N-dealkylation sites (N-methyl/N-ethyl adjacent to an activating group) is 1. The summed E-state index contributed by atoms with van der Waals surface area (Å²) in [6.07, 6.45) is 7.59. The molecule has 0 saturated heterocycles. The van der Waals surface area contributed by atoms with Gasteiger partial charge in [0.1, 0.15) is 0 Å². The summed E-state index contributed by atoms with van der Waals surface area (Å²) in [5.74, 6) is -0.183. The Morgan fingerprint density at radius 3 is 2.96 bits per heavy atom. The van der Waals surface area contributed by atoms with Gasteiger partial charge in [0.2, 0.25) is 5.91 Å². The highest BCUT2D eigenvalue weighted by Gasteiger charge is 2.37. The number of hydrogen-bond donors (Lipinski definition) is 1. The van der Waals surface area contributed by atoms with Gasteiger partial charge in [-0.3, -0.25) is 9.20 Å². The summed E-state index contributed by atoms with van der Waals surface area (Å²) in [6.45, 7) is 4.38. The molecular weight excluding hydrogens is 358 g/mol. The van der Waals surface area contributed by atoms with E-state index in [0.717, 1.165) is 16.4 Å². The maximum atomic E-state index is 12.1. The number of carbonyl (C=O) groups is 1. The standard InChI is InChI=1S/C20H21N5OS/c1-20(2)15-6-4-5-7-16(15)24(3)17(20)8-9-21-23-18(26)12-14-13-25-10-11-27-19(25)22-14/h4-11,13H,12H2,1-3H3,(H,23,26)/b17-8-,21-9-. The summed E-state index contributed by atoms with van der Waals surface area (Å²) < 4.78 is 1.91. The predicted molar refractivity (Wildman–Crippen MR) is 109 cm³/mol. The molecule has 1 amide bonds. The average Bonchev–Trinajstić information content (AvgIpc) is 3.26. The second-order valence-electron chi connectivity index (χ2n) is 7.07. The Morgan fingerprint density at radius 1 is 1.37 bits per heavy atom. The monoisotopic (exact) mass is 379 g/mol. The number of hydrazone groups is 1. The van der Waals surface area contributed by atoms with Crippen LogP contribution in [0.2, 0.25) is 0 Å². The van der Waals surface area contributed by atoms with E-state index in [4.69, 9.17) is 0 Å². The van der Waals surface area contributed by atoms with Crippen molar-refractivity contribution in [1.82, 2.24) is 14.8 Å². The lowest BCUT2D eigenvalue weighted by atomic mass is 9.84. The molecule has 0 aliphatic carbocycles. The van der Waals surface area contributed by atoms with Crippen molar-refractivity contribution in [3.63, 3.8) is 0 Å². The van der Waals surface area contributed by atoms with Crippen LogP contribution in [-0.4, -0.2) is 28.6 Å². The third-order valence-electron chi connectivity index (χ3n) is 4.92. The van der Waals surface area contributed by atoms with E-state index in [1.165, 1.54) is 11.3 Å². The first-order chi connectivity index (χ1) is 13.0. The van der Waals surface area contributed by atoms with E-state index in [-0.39, 0.29) is 17.7 Å². The van der Waals surface area contributed by atoms with Gasteiger partial charge in [-0.25, -0.2) is 10.4 Å². The Kier molecular flexibility index (Phi) is 4.31. The number of nitrogens with one attached hydrogen (secondary N) is 1. The van der Waals surface area contributed by atoms with Gasteiger partial charge in [-0.05, 0) is 17.7 Å². The molecule has 3 aromatic rings. The van der Waals surface area contributed by atoms with Gasteiger partial charge in [-0.15, -0.1) is 11.3 Å². The van der Waals surface area contributed by atoms with Crippen LogP contribution in [0.25, 0.3) is 4.96 Å². The van der Waals surface area contributed by atoms with Crippen LogP contribution >= 0.6 is 11.3 Å². The molecule has 1 aliphatic rings. The van der Waals surface area contributed by atoms with E-state index in [1.54, 1.807) is 17.6 Å². The summed E-state index contributed by atoms with van der Waals surface area (Å²) in [4.78, 5) is 19.5. The van der Waals surface area contributed by atoms with Crippen molar-refractivity contribution in [3.8, 4) is 0 Å². The second-order valence-corrected chi connectivity index (χ2v) is 7.94. The molecular formula is C20H21N5OS. The lowest BCUT2D eigenvalue weighted by Gasteiger charge is -2.23. The highest BCUT2D eigenvalue weighted by atomic mass is 32.1. The van der Waals surface area contributed by atoms with Crippen LogP contribution in [0.3, 0.4) is 0 Å². The van der Waals surface area contributed by atoms with Crippen molar-refractivity contribution in [2.75, 3.05) is 11.9 Å². The number of imidazole rings is 1. The molecule has 138 valence electrons. The van der Waals surface area contributed by atoms with Crippen LogP contribution in [0.5, 0.6) is 0 Å². The molecule has 3 heterocycles. The maximum absolute atomic E-state index is 12.1. The lowest BCUT2D eigenvalue weighted by Crippen LogP contribution is -2.23. The van der Waals surface area contributed by atoms with E-state index in [1.807, 2.05) is 34.3 Å². The van der Waals surface area contributed by atoms with Gasteiger partial charge in [0, 0.05) is 47.8 Å². The molecule has 1 aromatic carbocycles. The predicted octanol–water partition coefficient (Wildman–Crippen LogP) is 3.35. The van der Waals surface area contributed by atoms with Crippen LogP contribution in [0, 0.1) is 0 Å². The van der Waals surface area contributed by atoms with Crippen molar-refractivity contribution in [3.05, 3.63) is 65.1 Å². The molecule has 2 aromatic heterocycles. The molecule has 6 nitrogen and oxygen atoms in total. The summed E-state index contributed by atoms with van der Waals surface area (Å²) in [5, 5.41) is 6.04. The summed E-state index contributed by atoms with van der Waals surface area (Å²) in [5.41, 5.74) is 6.83. The van der Waals surface area contributed by atoms with Crippen LogP contribution in [0.15, 0.2) is 58.9 Å². The number of hydrogen-bond acceptors (Lipinski definition) is 5. The number of para-hydroxylation sites is 1. The number of benzene rings is 1. The molecule has 7 heteroatoms. The van der Waals surface area contributed by atoms with E-state index in [0.29, 0.717) is 0 Å². The fourth-order valence-corrected chi connectivity index (χ4v) is 4.30. The van der Waals surface area contributed by atoms with Crippen molar-refractivity contribution < 1.29 is 4.79 Å². The van der Waals surface area contributed by atoms with E-state index < -0.39 is 0 Å². The molecule has 0 bridgehead atoms. The minimum Gasteiger partial charge on any atom is -0.347 e. The number of carbonyl (C=O) groups excluding carboxylic acids is 1. The van der Waals surface area contributed by atoms with E-state index in [2.05, 4.69) is 59.5 Å². The number of amides is 1. The van der Waals surface area contributed by atoms with Gasteiger partial charge in [-0.2, -0.15) is 5.10 Å². The van der Waals surface area contributed by atoms with Crippen molar-refractivity contribution in [2.24, 2.45) is 5.10 Å². The quantitative estimate of drug-likeness (QED) is 0.559.